The molecule has 0 saturated heterocycles. The van der Waals surface area contributed by atoms with Gasteiger partial charge in [-0.15, -0.1) is 0 Å². The van der Waals surface area contributed by atoms with Crippen molar-refractivity contribution in [1.82, 2.24) is 9.55 Å². The molecule has 0 atom stereocenters. The van der Waals surface area contributed by atoms with Crippen LogP contribution in [0.15, 0.2) is 18.2 Å². The Morgan fingerprint density at radius 1 is 1.44 bits per heavy atom. The van der Waals surface area contributed by atoms with Crippen LogP contribution in [-0.4, -0.2) is 9.55 Å². The van der Waals surface area contributed by atoms with Gasteiger partial charge in [0.1, 0.15) is 0 Å². The van der Waals surface area contributed by atoms with E-state index < -0.39 is 0 Å². The topological polar surface area (TPSA) is 43.8 Å². The van der Waals surface area contributed by atoms with Crippen LogP contribution in [0.1, 0.15) is 20.3 Å². The van der Waals surface area contributed by atoms with Gasteiger partial charge in [-0.05, 0) is 30.5 Å². The molecule has 0 fully saturated rings. The summed E-state index contributed by atoms with van der Waals surface area (Å²) in [6.45, 7) is 5.28. The predicted octanol–water partition coefficient (Wildman–Crippen LogP) is 3.32. The van der Waals surface area contributed by atoms with Crippen molar-refractivity contribution in [3.8, 4) is 0 Å². The Kier molecular flexibility index (Phi) is 3.06. The second kappa shape index (κ2) is 4.34. The van der Waals surface area contributed by atoms with Crippen molar-refractivity contribution in [3.63, 3.8) is 0 Å². The van der Waals surface area contributed by atoms with Crippen LogP contribution >= 0.6 is 11.6 Å². The first-order valence-corrected chi connectivity index (χ1v) is 5.87. The Bertz CT molecular complexity index is 502. The SMILES string of the molecule is CC(C)CCn1c(N)nc2ccc(Cl)cc21. The summed E-state index contributed by atoms with van der Waals surface area (Å²) in [6, 6.07) is 5.66. The van der Waals surface area contributed by atoms with Crippen LogP contribution in [0.3, 0.4) is 0 Å². The average Bonchev–Trinajstić information content (AvgIpc) is 2.51. The summed E-state index contributed by atoms with van der Waals surface area (Å²) in [4.78, 5) is 4.31. The third kappa shape index (κ3) is 2.14. The Morgan fingerprint density at radius 2 is 2.19 bits per heavy atom. The van der Waals surface area contributed by atoms with Crippen LogP contribution in [0.2, 0.25) is 5.02 Å². The fourth-order valence-corrected chi connectivity index (χ4v) is 1.90. The third-order valence-corrected chi connectivity index (χ3v) is 2.90. The van der Waals surface area contributed by atoms with E-state index in [-0.39, 0.29) is 0 Å². The number of imidazole rings is 1. The Balaban J connectivity index is 2.42. The van der Waals surface area contributed by atoms with Crippen molar-refractivity contribution in [2.75, 3.05) is 5.73 Å². The largest absolute Gasteiger partial charge is 0.369 e. The molecular weight excluding hydrogens is 222 g/mol. The number of nitrogen functional groups attached to an aromatic ring is 1. The number of halogens is 1. The molecule has 0 aliphatic carbocycles. The van der Waals surface area contributed by atoms with Crippen molar-refractivity contribution < 1.29 is 0 Å². The molecule has 2 aromatic rings. The maximum absolute atomic E-state index is 5.98. The predicted molar refractivity (Wildman–Crippen MR) is 68.6 cm³/mol. The van der Waals surface area contributed by atoms with E-state index in [4.69, 9.17) is 17.3 Å². The lowest BCUT2D eigenvalue weighted by Crippen LogP contribution is -2.05. The quantitative estimate of drug-likeness (QED) is 0.890. The minimum Gasteiger partial charge on any atom is -0.369 e. The third-order valence-electron chi connectivity index (χ3n) is 2.67. The summed E-state index contributed by atoms with van der Waals surface area (Å²) < 4.78 is 2.03. The molecule has 0 saturated carbocycles. The zero-order valence-electron chi connectivity index (χ0n) is 9.57. The van der Waals surface area contributed by atoms with Gasteiger partial charge in [0.15, 0.2) is 0 Å². The second-order valence-electron chi connectivity index (χ2n) is 4.44. The molecule has 0 radical (unpaired) electrons. The molecule has 0 aliphatic rings. The summed E-state index contributed by atoms with van der Waals surface area (Å²) >= 11 is 5.98. The Morgan fingerprint density at radius 3 is 2.88 bits per heavy atom. The first-order valence-electron chi connectivity index (χ1n) is 5.49. The number of benzene rings is 1. The summed E-state index contributed by atoms with van der Waals surface area (Å²) in [5.74, 6) is 1.22. The van der Waals surface area contributed by atoms with Crippen molar-refractivity contribution >= 4 is 28.6 Å². The lowest BCUT2D eigenvalue weighted by Gasteiger charge is -2.08. The average molecular weight is 238 g/mol. The highest BCUT2D eigenvalue weighted by Crippen LogP contribution is 2.22. The van der Waals surface area contributed by atoms with Crippen LogP contribution in [-0.2, 0) is 6.54 Å². The molecule has 1 aromatic heterocycles. The first-order chi connectivity index (χ1) is 7.58. The normalized spacial score (nSPS) is 11.5. The molecule has 4 heteroatoms. The van der Waals surface area contributed by atoms with Gasteiger partial charge < -0.3 is 10.3 Å². The minimum atomic E-state index is 0.568. The van der Waals surface area contributed by atoms with E-state index in [0.29, 0.717) is 11.9 Å². The number of aryl methyl sites for hydroxylation is 1. The zero-order valence-corrected chi connectivity index (χ0v) is 10.3. The van der Waals surface area contributed by atoms with E-state index in [1.165, 1.54) is 0 Å². The van der Waals surface area contributed by atoms with Crippen molar-refractivity contribution in [2.24, 2.45) is 5.92 Å². The van der Waals surface area contributed by atoms with E-state index in [2.05, 4.69) is 18.8 Å². The van der Waals surface area contributed by atoms with E-state index in [0.717, 1.165) is 29.0 Å². The molecule has 0 spiro atoms. The molecule has 0 amide bonds. The second-order valence-corrected chi connectivity index (χ2v) is 4.87. The molecular formula is C12H16ClN3. The van der Waals surface area contributed by atoms with Crippen molar-refractivity contribution in [1.29, 1.82) is 0 Å². The van der Waals surface area contributed by atoms with Gasteiger partial charge in [0.05, 0.1) is 11.0 Å². The number of nitrogens with zero attached hydrogens (tertiary/aromatic N) is 2. The van der Waals surface area contributed by atoms with Gasteiger partial charge in [-0.25, -0.2) is 4.98 Å². The summed E-state index contributed by atoms with van der Waals surface area (Å²) in [7, 11) is 0. The maximum atomic E-state index is 5.98. The van der Waals surface area contributed by atoms with Gasteiger partial charge in [0.25, 0.3) is 0 Å². The highest BCUT2D eigenvalue weighted by Gasteiger charge is 2.08. The highest BCUT2D eigenvalue weighted by molar-refractivity contribution is 6.31. The standard InChI is InChI=1S/C12H16ClN3/c1-8(2)5-6-16-11-7-9(13)3-4-10(11)15-12(16)14/h3-4,7-8H,5-6H2,1-2H3,(H2,14,15). The Labute approximate surface area is 100 Å². The van der Waals surface area contributed by atoms with Crippen LogP contribution < -0.4 is 5.73 Å². The molecule has 2 N–H and O–H groups in total. The smallest absolute Gasteiger partial charge is 0.201 e. The van der Waals surface area contributed by atoms with Gasteiger partial charge in [-0.3, -0.25) is 0 Å². The van der Waals surface area contributed by atoms with Gasteiger partial charge >= 0.3 is 0 Å². The van der Waals surface area contributed by atoms with Gasteiger partial charge in [-0.2, -0.15) is 0 Å². The molecule has 2 rings (SSSR count). The number of anilines is 1. The zero-order chi connectivity index (χ0) is 11.7. The lowest BCUT2D eigenvalue weighted by atomic mass is 10.1. The van der Waals surface area contributed by atoms with Crippen LogP contribution in [0, 0.1) is 5.92 Å². The first kappa shape index (κ1) is 11.3. The van der Waals surface area contributed by atoms with E-state index >= 15 is 0 Å². The fourth-order valence-electron chi connectivity index (χ4n) is 1.74. The molecule has 1 aromatic carbocycles. The number of hydrogen-bond acceptors (Lipinski definition) is 2. The van der Waals surface area contributed by atoms with Gasteiger partial charge in [0, 0.05) is 11.6 Å². The molecule has 3 nitrogen and oxygen atoms in total. The van der Waals surface area contributed by atoms with Crippen molar-refractivity contribution in [2.45, 2.75) is 26.8 Å². The van der Waals surface area contributed by atoms with Crippen molar-refractivity contribution in [3.05, 3.63) is 23.2 Å². The number of nitrogens with two attached hydrogens (primary N) is 1. The number of hydrogen-bond donors (Lipinski definition) is 1. The van der Waals surface area contributed by atoms with Crippen LogP contribution in [0.5, 0.6) is 0 Å². The summed E-state index contributed by atoms with van der Waals surface area (Å²) in [6.07, 6.45) is 1.09. The monoisotopic (exact) mass is 237 g/mol. The highest BCUT2D eigenvalue weighted by atomic mass is 35.5. The molecule has 0 bridgehead atoms. The number of rotatable bonds is 3. The number of aromatic nitrogens is 2. The van der Waals surface area contributed by atoms with Gasteiger partial charge in [-0.1, -0.05) is 25.4 Å². The molecule has 16 heavy (non-hydrogen) atoms. The molecule has 1 heterocycles. The van der Waals surface area contributed by atoms with Gasteiger partial charge in [0.2, 0.25) is 5.95 Å². The molecule has 0 unspecified atom stereocenters. The van der Waals surface area contributed by atoms with Crippen LogP contribution in [0.4, 0.5) is 5.95 Å². The van der Waals surface area contributed by atoms with E-state index in [1.54, 1.807) is 0 Å². The lowest BCUT2D eigenvalue weighted by molar-refractivity contribution is 0.526. The number of fused-ring (bicyclic) bond motifs is 1. The minimum absolute atomic E-state index is 0.568. The maximum Gasteiger partial charge on any atom is 0.201 e. The Hall–Kier alpha value is -1.22. The molecule has 0 aliphatic heterocycles. The van der Waals surface area contributed by atoms with Crippen LogP contribution in [0.25, 0.3) is 11.0 Å². The molecule has 86 valence electrons. The summed E-state index contributed by atoms with van der Waals surface area (Å²) in [5, 5.41) is 0.721. The summed E-state index contributed by atoms with van der Waals surface area (Å²) in [5.41, 5.74) is 7.83. The van der Waals surface area contributed by atoms with E-state index in [1.807, 2.05) is 22.8 Å². The van der Waals surface area contributed by atoms with E-state index in [9.17, 15) is 0 Å². The fraction of sp³-hybridized carbons (Fsp3) is 0.417.